The fourth-order valence-electron chi connectivity index (χ4n) is 3.35. The molecule has 0 fully saturated rings. The van der Waals surface area contributed by atoms with E-state index in [4.69, 9.17) is 4.74 Å². The lowest BCUT2D eigenvalue weighted by Crippen LogP contribution is -2.07. The van der Waals surface area contributed by atoms with Crippen LogP contribution in [0, 0.1) is 13.8 Å². The molecule has 156 valence electrons. The van der Waals surface area contributed by atoms with Gasteiger partial charge in [0.1, 0.15) is 5.75 Å². The molecule has 0 atom stereocenters. The Labute approximate surface area is 185 Å². The summed E-state index contributed by atoms with van der Waals surface area (Å²) in [5, 5.41) is 9.44. The fraction of sp³-hybridized carbons (Fsp3) is 0.167. The molecule has 0 aliphatic carbocycles. The quantitative estimate of drug-likeness (QED) is 0.306. The highest BCUT2D eigenvalue weighted by Crippen LogP contribution is 2.29. The van der Waals surface area contributed by atoms with Crippen molar-refractivity contribution >= 4 is 17.5 Å². The van der Waals surface area contributed by atoms with Gasteiger partial charge >= 0.3 is 0 Å². The Morgan fingerprint density at radius 1 is 1.00 bits per heavy atom. The van der Waals surface area contributed by atoms with Gasteiger partial charge in [-0.25, -0.2) is 0 Å². The van der Waals surface area contributed by atoms with Crippen molar-refractivity contribution in [2.24, 2.45) is 0 Å². The normalized spacial score (nSPS) is 10.8. The molecular weight excluding hydrogens is 408 g/mol. The van der Waals surface area contributed by atoms with E-state index in [-0.39, 0.29) is 11.5 Å². The van der Waals surface area contributed by atoms with Gasteiger partial charge in [-0.1, -0.05) is 35.5 Å². The highest BCUT2D eigenvalue weighted by Gasteiger charge is 2.18. The number of carbonyl (C=O) groups excluding carboxylic acids is 1. The Balaban J connectivity index is 1.67. The molecule has 0 aliphatic heterocycles. The summed E-state index contributed by atoms with van der Waals surface area (Å²) in [6.07, 6.45) is 3.44. The fourth-order valence-corrected chi connectivity index (χ4v) is 4.18. The second kappa shape index (κ2) is 9.14. The molecule has 0 saturated carbocycles. The van der Waals surface area contributed by atoms with Crippen LogP contribution in [0.1, 0.15) is 21.5 Å². The molecule has 0 bridgehead atoms. The van der Waals surface area contributed by atoms with Crippen molar-refractivity contribution in [2.45, 2.75) is 19.0 Å². The molecule has 0 spiro atoms. The van der Waals surface area contributed by atoms with Crippen LogP contribution in [0.3, 0.4) is 0 Å². The average molecular weight is 431 g/mol. The number of ketones is 1. The molecule has 0 radical (unpaired) electrons. The average Bonchev–Trinajstić information content (AvgIpc) is 3.22. The first-order valence-corrected chi connectivity index (χ1v) is 10.8. The molecule has 2 heterocycles. The van der Waals surface area contributed by atoms with Gasteiger partial charge in [0.05, 0.1) is 12.9 Å². The summed E-state index contributed by atoms with van der Waals surface area (Å²) >= 11 is 1.38. The lowest BCUT2D eigenvalue weighted by molar-refractivity contribution is 0.102. The second-order valence-electron chi connectivity index (χ2n) is 7.11. The van der Waals surface area contributed by atoms with Crippen LogP contribution in [0.2, 0.25) is 0 Å². The zero-order valence-electron chi connectivity index (χ0n) is 17.6. The molecule has 2 aromatic heterocycles. The Hall–Kier alpha value is -3.45. The van der Waals surface area contributed by atoms with Crippen molar-refractivity contribution in [3.8, 4) is 22.8 Å². The van der Waals surface area contributed by atoms with Crippen LogP contribution in [0.15, 0.2) is 72.1 Å². The number of aryl methyl sites for hydroxylation is 2. The first-order valence-electron chi connectivity index (χ1n) is 9.80. The highest BCUT2D eigenvalue weighted by atomic mass is 32.2. The van der Waals surface area contributed by atoms with E-state index in [9.17, 15) is 4.79 Å². The predicted octanol–water partition coefficient (Wildman–Crippen LogP) is 4.93. The van der Waals surface area contributed by atoms with Crippen molar-refractivity contribution in [3.05, 3.63) is 83.7 Å². The van der Waals surface area contributed by atoms with Gasteiger partial charge in [0.2, 0.25) is 0 Å². The van der Waals surface area contributed by atoms with Gasteiger partial charge < -0.3 is 4.74 Å². The van der Waals surface area contributed by atoms with E-state index in [0.717, 1.165) is 33.7 Å². The molecule has 0 amide bonds. The van der Waals surface area contributed by atoms with Crippen molar-refractivity contribution < 1.29 is 9.53 Å². The van der Waals surface area contributed by atoms with Gasteiger partial charge in [-0.2, -0.15) is 0 Å². The third-order valence-electron chi connectivity index (χ3n) is 4.92. The number of aromatic nitrogens is 4. The van der Waals surface area contributed by atoms with Crippen LogP contribution in [0.4, 0.5) is 0 Å². The second-order valence-corrected chi connectivity index (χ2v) is 8.05. The van der Waals surface area contributed by atoms with Gasteiger partial charge in [0, 0.05) is 29.2 Å². The largest absolute Gasteiger partial charge is 0.497 e. The maximum atomic E-state index is 12.9. The third kappa shape index (κ3) is 4.51. The molecule has 2 aromatic carbocycles. The van der Waals surface area contributed by atoms with E-state index in [1.54, 1.807) is 19.5 Å². The number of benzene rings is 2. The first kappa shape index (κ1) is 20.8. The van der Waals surface area contributed by atoms with Crippen molar-refractivity contribution in [1.29, 1.82) is 0 Å². The van der Waals surface area contributed by atoms with Crippen molar-refractivity contribution in [1.82, 2.24) is 19.7 Å². The standard InChI is InChI=1S/C24H22N4O2S/c1-16-4-9-21(17(2)14-16)22(29)15-31-24-27-26-23(18-10-12-25-13-11-18)28(24)19-5-7-20(30-3)8-6-19/h4-14H,15H2,1-3H3. The van der Waals surface area contributed by atoms with Crippen LogP contribution in [0.25, 0.3) is 17.1 Å². The number of pyridine rings is 1. The molecular formula is C24H22N4O2S. The number of hydrogen-bond acceptors (Lipinski definition) is 6. The van der Waals surface area contributed by atoms with E-state index < -0.39 is 0 Å². The van der Waals surface area contributed by atoms with Crippen LogP contribution in [-0.4, -0.2) is 38.4 Å². The first-order chi connectivity index (χ1) is 15.1. The smallest absolute Gasteiger partial charge is 0.196 e. The Morgan fingerprint density at radius 3 is 2.42 bits per heavy atom. The third-order valence-corrected chi connectivity index (χ3v) is 5.85. The zero-order chi connectivity index (χ0) is 21.8. The Kier molecular flexibility index (Phi) is 6.13. The summed E-state index contributed by atoms with van der Waals surface area (Å²) in [6, 6.07) is 17.3. The van der Waals surface area contributed by atoms with Gasteiger partial charge in [-0.3, -0.25) is 14.3 Å². The van der Waals surface area contributed by atoms with E-state index in [1.165, 1.54) is 11.8 Å². The van der Waals surface area contributed by atoms with E-state index in [1.807, 2.05) is 73.0 Å². The Bertz CT molecular complexity index is 1200. The number of hydrogen-bond donors (Lipinski definition) is 0. The minimum Gasteiger partial charge on any atom is -0.497 e. The summed E-state index contributed by atoms with van der Waals surface area (Å²) in [7, 11) is 1.64. The van der Waals surface area contributed by atoms with Crippen LogP contribution in [0.5, 0.6) is 5.75 Å². The number of Topliss-reactive ketones (excluding diaryl/α,β-unsaturated/α-hetero) is 1. The van der Waals surface area contributed by atoms with Crippen LogP contribution in [-0.2, 0) is 0 Å². The molecule has 0 aliphatic rings. The number of nitrogens with zero attached hydrogens (tertiary/aromatic N) is 4. The monoisotopic (exact) mass is 430 g/mol. The molecule has 31 heavy (non-hydrogen) atoms. The van der Waals surface area contributed by atoms with Gasteiger partial charge in [0.15, 0.2) is 16.8 Å². The summed E-state index contributed by atoms with van der Waals surface area (Å²) in [6.45, 7) is 3.99. The maximum absolute atomic E-state index is 12.9. The van der Waals surface area contributed by atoms with E-state index in [2.05, 4.69) is 15.2 Å². The highest BCUT2D eigenvalue weighted by molar-refractivity contribution is 7.99. The summed E-state index contributed by atoms with van der Waals surface area (Å²) in [5.41, 5.74) is 4.65. The number of carbonyl (C=O) groups is 1. The topological polar surface area (TPSA) is 69.9 Å². The van der Waals surface area contributed by atoms with Crippen molar-refractivity contribution in [3.63, 3.8) is 0 Å². The number of rotatable bonds is 7. The Morgan fingerprint density at radius 2 is 1.74 bits per heavy atom. The summed E-state index contributed by atoms with van der Waals surface area (Å²) in [5.74, 6) is 1.79. The summed E-state index contributed by atoms with van der Waals surface area (Å²) in [4.78, 5) is 16.9. The van der Waals surface area contributed by atoms with Crippen molar-refractivity contribution in [2.75, 3.05) is 12.9 Å². The molecule has 6 nitrogen and oxygen atoms in total. The lowest BCUT2D eigenvalue weighted by atomic mass is 10.0. The minimum atomic E-state index is 0.0669. The van der Waals surface area contributed by atoms with Gasteiger partial charge in [0.25, 0.3) is 0 Å². The SMILES string of the molecule is COc1ccc(-n2c(SCC(=O)c3ccc(C)cc3C)nnc2-c2ccncc2)cc1. The summed E-state index contributed by atoms with van der Waals surface area (Å²) < 4.78 is 7.23. The zero-order valence-corrected chi connectivity index (χ0v) is 18.4. The molecule has 0 saturated heterocycles. The molecule has 4 rings (SSSR count). The molecule has 0 unspecified atom stereocenters. The number of thioether (sulfide) groups is 1. The molecule has 4 aromatic rings. The van der Waals surface area contributed by atoms with E-state index >= 15 is 0 Å². The lowest BCUT2D eigenvalue weighted by Gasteiger charge is -2.11. The van der Waals surface area contributed by atoms with Crippen LogP contribution < -0.4 is 4.74 Å². The number of ether oxygens (including phenoxy) is 1. The van der Waals surface area contributed by atoms with E-state index in [0.29, 0.717) is 11.0 Å². The van der Waals surface area contributed by atoms with Gasteiger partial charge in [-0.15, -0.1) is 10.2 Å². The molecule has 0 N–H and O–H groups in total. The predicted molar refractivity (Wildman–Crippen MR) is 122 cm³/mol. The molecule has 7 heteroatoms. The maximum Gasteiger partial charge on any atom is 0.196 e. The number of methoxy groups -OCH3 is 1. The minimum absolute atomic E-state index is 0.0669. The van der Waals surface area contributed by atoms with Crippen LogP contribution >= 0.6 is 11.8 Å². The van der Waals surface area contributed by atoms with Gasteiger partial charge in [-0.05, 0) is 55.8 Å².